The Labute approximate surface area is 198 Å². The summed E-state index contributed by atoms with van der Waals surface area (Å²) in [6.45, 7) is 1.66. The van der Waals surface area contributed by atoms with Crippen LogP contribution < -0.4 is 5.32 Å². The molecule has 2 atom stereocenters. The number of aromatic hydroxyl groups is 1. The topological polar surface area (TPSA) is 160 Å². The van der Waals surface area contributed by atoms with Gasteiger partial charge in [-0.2, -0.15) is 4.31 Å². The molecule has 4 N–H and O–H groups in total. The highest BCUT2D eigenvalue weighted by atomic mass is 32.2. The third kappa shape index (κ3) is 7.48. The summed E-state index contributed by atoms with van der Waals surface area (Å²) >= 11 is 0. The Hall–Kier alpha value is -3.06. The predicted molar refractivity (Wildman–Crippen MR) is 123 cm³/mol. The molecule has 0 unspecified atom stereocenters. The van der Waals surface area contributed by atoms with Crippen LogP contribution >= 0.6 is 0 Å². The molecular weight excluding hydrogens is 464 g/mol. The third-order valence-corrected chi connectivity index (χ3v) is 7.26. The van der Waals surface area contributed by atoms with Crippen molar-refractivity contribution in [2.24, 2.45) is 0 Å². The van der Waals surface area contributed by atoms with E-state index < -0.39 is 52.3 Å². The van der Waals surface area contributed by atoms with Crippen molar-refractivity contribution < 1.29 is 33.4 Å². The maximum atomic E-state index is 12.8. The first kappa shape index (κ1) is 27.2. The fourth-order valence-corrected chi connectivity index (χ4v) is 4.33. The summed E-state index contributed by atoms with van der Waals surface area (Å²) < 4.78 is 26.4. The number of nitrogens with zero attached hydrogens (tertiary/aromatic N) is 3. The van der Waals surface area contributed by atoms with Gasteiger partial charge in [0.1, 0.15) is 11.4 Å². The van der Waals surface area contributed by atoms with E-state index in [1.54, 1.807) is 30.3 Å². The van der Waals surface area contributed by atoms with E-state index >= 15 is 0 Å². The highest BCUT2D eigenvalue weighted by molar-refractivity contribution is 7.89. The quantitative estimate of drug-likeness (QED) is 0.258. The molecule has 2 amide bonds. The van der Waals surface area contributed by atoms with Crippen LogP contribution in [0.15, 0.2) is 48.7 Å². The Morgan fingerprint density at radius 2 is 1.79 bits per heavy atom. The maximum absolute atomic E-state index is 12.8. The summed E-state index contributed by atoms with van der Waals surface area (Å²) in [4.78, 5) is 28.7. The molecule has 2 rings (SSSR count). The van der Waals surface area contributed by atoms with Gasteiger partial charge in [-0.25, -0.2) is 13.5 Å². The van der Waals surface area contributed by atoms with Gasteiger partial charge in [0.25, 0.3) is 11.8 Å². The van der Waals surface area contributed by atoms with Crippen LogP contribution in [-0.4, -0.2) is 87.5 Å². The minimum Gasteiger partial charge on any atom is -0.508 e. The average Bonchev–Trinajstić information content (AvgIpc) is 2.78. The monoisotopic (exact) mass is 494 g/mol. The van der Waals surface area contributed by atoms with E-state index in [9.17, 15) is 33.4 Å². The van der Waals surface area contributed by atoms with Gasteiger partial charge in [0, 0.05) is 25.9 Å². The number of nitrogens with one attached hydrogen (secondary N) is 1. The molecule has 1 aromatic heterocycles. The van der Waals surface area contributed by atoms with Crippen molar-refractivity contribution in [1.29, 1.82) is 0 Å². The van der Waals surface area contributed by atoms with Crippen LogP contribution in [0.25, 0.3) is 0 Å². The summed E-state index contributed by atoms with van der Waals surface area (Å²) in [5, 5.41) is 32.1. The lowest BCUT2D eigenvalue weighted by Crippen LogP contribution is -2.53. The van der Waals surface area contributed by atoms with E-state index in [0.717, 1.165) is 23.0 Å². The second-order valence-electron chi connectivity index (χ2n) is 8.04. The first-order valence-electron chi connectivity index (χ1n) is 10.5. The Morgan fingerprint density at radius 1 is 1.15 bits per heavy atom. The number of benzene rings is 1. The van der Waals surface area contributed by atoms with Crippen molar-refractivity contribution >= 4 is 21.8 Å². The van der Waals surface area contributed by atoms with E-state index in [-0.39, 0.29) is 22.9 Å². The number of amides is 2. The van der Waals surface area contributed by atoms with Gasteiger partial charge in [-0.3, -0.25) is 19.8 Å². The number of rotatable bonds is 11. The molecule has 0 spiro atoms. The minimum atomic E-state index is -4.00. The van der Waals surface area contributed by atoms with Crippen LogP contribution in [0.1, 0.15) is 29.9 Å². The molecule has 0 saturated heterocycles. The number of aliphatic hydroxyl groups is 1. The zero-order chi connectivity index (χ0) is 25.5. The standard InChI is InChI=1S/C22H30N4O7S/c1-15(2)34(32,33)26(14-21(29)25(3)31)13-20(28)18(11-16-7-5-4-6-8-16)24-22(30)19-12-17(27)9-10-23-19/h4-10,12,15,18,20,28,31H,11,13-14H2,1-3H3,(H,23,27)(H,24,30)/t18-,20+/m0/s1. The lowest BCUT2D eigenvalue weighted by molar-refractivity contribution is -0.159. The molecule has 0 fully saturated rings. The molecule has 2 aromatic rings. The summed E-state index contributed by atoms with van der Waals surface area (Å²) in [6.07, 6.45) is -0.0247. The highest BCUT2D eigenvalue weighted by Gasteiger charge is 2.33. The summed E-state index contributed by atoms with van der Waals surface area (Å²) in [6, 6.07) is 10.4. The number of aliphatic hydroxyl groups excluding tert-OH is 1. The maximum Gasteiger partial charge on any atom is 0.270 e. The summed E-state index contributed by atoms with van der Waals surface area (Å²) in [5.74, 6) is -1.73. The van der Waals surface area contributed by atoms with Gasteiger partial charge < -0.3 is 15.5 Å². The molecular formula is C22H30N4O7S. The highest BCUT2D eigenvalue weighted by Crippen LogP contribution is 2.15. The van der Waals surface area contributed by atoms with Crippen molar-refractivity contribution in [3.8, 4) is 5.75 Å². The van der Waals surface area contributed by atoms with Gasteiger partial charge >= 0.3 is 0 Å². The molecule has 1 heterocycles. The Kier molecular flexibility index (Phi) is 9.50. The van der Waals surface area contributed by atoms with Crippen LogP contribution in [-0.2, 0) is 21.2 Å². The van der Waals surface area contributed by atoms with E-state index in [0.29, 0.717) is 0 Å². The number of likely N-dealkylation sites (N-methyl/N-ethyl adjacent to an activating group) is 1. The Bertz CT molecular complexity index is 1080. The van der Waals surface area contributed by atoms with Gasteiger partial charge in [0.05, 0.1) is 23.9 Å². The summed E-state index contributed by atoms with van der Waals surface area (Å²) in [7, 11) is -2.93. The number of pyridine rings is 1. The smallest absolute Gasteiger partial charge is 0.270 e. The predicted octanol–water partition coefficient (Wildman–Crippen LogP) is 0.377. The Morgan fingerprint density at radius 3 is 2.35 bits per heavy atom. The molecule has 1 aromatic carbocycles. The summed E-state index contributed by atoms with van der Waals surface area (Å²) in [5.41, 5.74) is 0.675. The van der Waals surface area contributed by atoms with Gasteiger partial charge in [-0.1, -0.05) is 30.3 Å². The molecule has 12 heteroatoms. The van der Waals surface area contributed by atoms with Crippen molar-refractivity contribution in [2.45, 2.75) is 37.7 Å². The SMILES string of the molecule is CC(C)S(=O)(=O)N(CC(=O)N(C)O)C[C@@H](O)[C@H](Cc1ccccc1)NC(=O)c1cc(O)ccn1. The van der Waals surface area contributed by atoms with Crippen molar-refractivity contribution in [3.05, 3.63) is 59.9 Å². The normalized spacial score (nSPS) is 13.5. The lowest BCUT2D eigenvalue weighted by atomic mass is 10.0. The molecule has 0 aliphatic carbocycles. The van der Waals surface area contributed by atoms with Gasteiger partial charge in [-0.05, 0) is 31.9 Å². The molecule has 11 nitrogen and oxygen atoms in total. The van der Waals surface area contributed by atoms with Gasteiger partial charge in [-0.15, -0.1) is 0 Å². The zero-order valence-corrected chi connectivity index (χ0v) is 20.0. The first-order valence-corrected chi connectivity index (χ1v) is 12.0. The van der Waals surface area contributed by atoms with Crippen molar-refractivity contribution in [3.63, 3.8) is 0 Å². The van der Waals surface area contributed by atoms with E-state index in [1.807, 2.05) is 0 Å². The number of sulfonamides is 1. The van der Waals surface area contributed by atoms with Gasteiger partial charge in [0.15, 0.2) is 0 Å². The van der Waals surface area contributed by atoms with Crippen LogP contribution in [0, 0.1) is 0 Å². The number of hydrogen-bond acceptors (Lipinski definition) is 8. The average molecular weight is 495 g/mol. The third-order valence-electron chi connectivity index (χ3n) is 5.07. The molecule has 0 saturated carbocycles. The molecule has 0 radical (unpaired) electrons. The molecule has 0 aliphatic heterocycles. The van der Waals surface area contributed by atoms with E-state index in [1.165, 1.54) is 26.1 Å². The zero-order valence-electron chi connectivity index (χ0n) is 19.2. The van der Waals surface area contributed by atoms with Crippen molar-refractivity contribution in [2.75, 3.05) is 20.1 Å². The largest absolute Gasteiger partial charge is 0.508 e. The van der Waals surface area contributed by atoms with E-state index in [2.05, 4.69) is 10.3 Å². The molecule has 0 bridgehead atoms. The number of hydroxylamine groups is 2. The Balaban J connectivity index is 2.32. The number of carbonyl (C=O) groups is 2. The minimum absolute atomic E-state index is 0.0889. The van der Waals surface area contributed by atoms with Crippen molar-refractivity contribution in [1.82, 2.24) is 19.7 Å². The van der Waals surface area contributed by atoms with Gasteiger partial charge in [0.2, 0.25) is 10.0 Å². The second-order valence-corrected chi connectivity index (χ2v) is 10.5. The molecule has 186 valence electrons. The van der Waals surface area contributed by atoms with Crippen LogP contribution in [0.4, 0.5) is 0 Å². The second kappa shape index (κ2) is 11.9. The van der Waals surface area contributed by atoms with E-state index in [4.69, 9.17) is 0 Å². The first-order chi connectivity index (χ1) is 15.9. The number of aromatic nitrogens is 1. The van der Waals surface area contributed by atoms with Crippen LogP contribution in [0.5, 0.6) is 5.75 Å². The fourth-order valence-electron chi connectivity index (χ4n) is 3.08. The molecule has 0 aliphatic rings. The lowest BCUT2D eigenvalue weighted by Gasteiger charge is -2.30. The number of carbonyl (C=O) groups excluding carboxylic acids is 2. The fraction of sp³-hybridized carbons (Fsp3) is 0.409. The number of hydrogen-bond donors (Lipinski definition) is 4. The van der Waals surface area contributed by atoms with Crippen LogP contribution in [0.2, 0.25) is 0 Å². The molecule has 34 heavy (non-hydrogen) atoms. The van der Waals surface area contributed by atoms with Crippen LogP contribution in [0.3, 0.4) is 0 Å².